The Hall–Kier alpha value is -9.04. The van der Waals surface area contributed by atoms with Crippen LogP contribution in [0.25, 0.3) is 0 Å². The fourth-order valence-corrected chi connectivity index (χ4v) is 12.5. The first-order valence-electron chi connectivity index (χ1n) is 32.7. The molecule has 5 heterocycles. The molecule has 5 aliphatic heterocycles. The molecular formula is C77H75NO20. The number of hydrogen-bond acceptors (Lipinski definition) is 20. The number of nitrogens with zero attached hydrogens (tertiary/aromatic N) is 1. The van der Waals surface area contributed by atoms with E-state index in [1.807, 2.05) is 152 Å². The third-order valence-corrected chi connectivity index (χ3v) is 17.5. The largest absolute Gasteiger partial charge is 0.453 e. The molecule has 0 bridgehead atoms. The van der Waals surface area contributed by atoms with Crippen molar-refractivity contribution in [2.75, 3.05) is 26.6 Å². The highest BCUT2D eigenvalue weighted by Crippen LogP contribution is 2.43. The molecule has 8 aromatic carbocycles. The molecule has 17 unspecified atom stereocenters. The van der Waals surface area contributed by atoms with Crippen LogP contribution in [0.1, 0.15) is 78.4 Å². The summed E-state index contributed by atoms with van der Waals surface area (Å²) in [5, 5.41) is 12.6. The highest BCUT2D eigenvalue weighted by Gasteiger charge is 2.59. The fourth-order valence-electron chi connectivity index (χ4n) is 12.5. The van der Waals surface area contributed by atoms with Crippen molar-refractivity contribution < 1.29 is 95.3 Å². The lowest BCUT2D eigenvalue weighted by atomic mass is 9.89. The number of rotatable bonds is 23. The molecule has 13 rings (SSSR count). The van der Waals surface area contributed by atoms with Gasteiger partial charge in [-0.05, 0) is 53.1 Å². The lowest BCUT2D eigenvalue weighted by Crippen LogP contribution is -2.67. The first-order valence-corrected chi connectivity index (χ1v) is 32.7. The average molecular weight is 1330 g/mol. The molecule has 0 aliphatic carbocycles. The van der Waals surface area contributed by atoms with Gasteiger partial charge < -0.3 is 76.2 Å². The first-order chi connectivity index (χ1) is 48.1. The Balaban J connectivity index is 0.875. The van der Waals surface area contributed by atoms with Crippen molar-refractivity contribution in [3.63, 3.8) is 0 Å². The summed E-state index contributed by atoms with van der Waals surface area (Å²) in [7, 11) is 0. The SMILES string of the molecule is CC1C(OC2OC3COC(c4ccccc4)OC3C(O)C2OC(=O)c2ccccc2)C(COCc2ccccc2)OC(OC2C3OC(c4ccccc4)OCC3OC(OCN(Cc3ccccc3)C(=O)OCc3ccccc3)C2OC(=O)c2ccccc2)C1OC(=O)c1ccccc1. The quantitative estimate of drug-likeness (QED) is 0.0356. The molecule has 98 heavy (non-hydrogen) atoms. The number of amides is 1. The van der Waals surface area contributed by atoms with Crippen LogP contribution in [-0.2, 0) is 90.8 Å². The number of fused-ring (bicyclic) bond motifs is 2. The molecule has 8 aromatic rings. The Morgan fingerprint density at radius 2 is 0.857 bits per heavy atom. The minimum Gasteiger partial charge on any atom is -0.453 e. The van der Waals surface area contributed by atoms with Crippen LogP contribution in [-0.4, -0.2) is 147 Å². The first kappa shape index (κ1) is 67.5. The molecule has 1 amide bonds. The van der Waals surface area contributed by atoms with Crippen LogP contribution in [0.2, 0.25) is 0 Å². The van der Waals surface area contributed by atoms with Crippen molar-refractivity contribution in [2.45, 2.75) is 125 Å². The van der Waals surface area contributed by atoms with Gasteiger partial charge in [0.05, 0.1) is 55.8 Å². The number of aliphatic hydroxyl groups excluding tert-OH is 1. The van der Waals surface area contributed by atoms with E-state index in [-0.39, 0.29) is 56.3 Å². The monoisotopic (exact) mass is 1330 g/mol. The van der Waals surface area contributed by atoms with Crippen LogP contribution in [0.15, 0.2) is 243 Å². The predicted molar refractivity (Wildman–Crippen MR) is 349 cm³/mol. The van der Waals surface area contributed by atoms with Crippen LogP contribution < -0.4 is 0 Å². The van der Waals surface area contributed by atoms with Crippen molar-refractivity contribution in [1.29, 1.82) is 0 Å². The smallest absolute Gasteiger partial charge is 0.412 e. The maximum absolute atomic E-state index is 14.8. The summed E-state index contributed by atoms with van der Waals surface area (Å²) in [6.45, 7) is 1.01. The van der Waals surface area contributed by atoms with E-state index in [4.69, 9.17) is 71.1 Å². The van der Waals surface area contributed by atoms with Gasteiger partial charge in [-0.15, -0.1) is 0 Å². The molecule has 21 nitrogen and oxygen atoms in total. The van der Waals surface area contributed by atoms with Gasteiger partial charge in [0, 0.05) is 17.0 Å². The second-order valence-corrected chi connectivity index (χ2v) is 24.3. The molecule has 0 saturated carbocycles. The van der Waals surface area contributed by atoms with Crippen LogP contribution in [0.5, 0.6) is 0 Å². The van der Waals surface area contributed by atoms with Gasteiger partial charge in [-0.25, -0.2) is 19.2 Å². The lowest BCUT2D eigenvalue weighted by molar-refractivity contribution is -0.401. The number of aliphatic hydroxyl groups is 1. The average Bonchev–Trinajstić information content (AvgIpc) is 0.760. The van der Waals surface area contributed by atoms with Gasteiger partial charge >= 0.3 is 24.0 Å². The summed E-state index contributed by atoms with van der Waals surface area (Å²) >= 11 is 0. The lowest BCUT2D eigenvalue weighted by Gasteiger charge is -2.52. The molecule has 0 radical (unpaired) electrons. The summed E-state index contributed by atoms with van der Waals surface area (Å²) < 4.78 is 99.9. The summed E-state index contributed by atoms with van der Waals surface area (Å²) in [6, 6.07) is 71.3. The van der Waals surface area contributed by atoms with Crippen molar-refractivity contribution in [3.8, 4) is 0 Å². The molecule has 17 atom stereocenters. The topological polar surface area (TPSA) is 230 Å². The molecule has 21 heteroatoms. The normalized spacial score (nSPS) is 28.2. The van der Waals surface area contributed by atoms with Crippen molar-refractivity contribution >= 4 is 24.0 Å². The summed E-state index contributed by atoms with van der Waals surface area (Å²) in [5.41, 5.74) is 4.22. The van der Waals surface area contributed by atoms with Gasteiger partial charge in [0.15, 0.2) is 49.8 Å². The van der Waals surface area contributed by atoms with Crippen molar-refractivity contribution in [3.05, 3.63) is 287 Å². The van der Waals surface area contributed by atoms with E-state index in [9.17, 15) is 24.3 Å². The van der Waals surface area contributed by atoms with Crippen LogP contribution >= 0.6 is 0 Å². The van der Waals surface area contributed by atoms with Gasteiger partial charge in [0.1, 0.15) is 56.1 Å². The number of carbonyl (C=O) groups is 4. The van der Waals surface area contributed by atoms with Gasteiger partial charge in [-0.1, -0.05) is 213 Å². The third-order valence-electron chi connectivity index (χ3n) is 17.5. The minimum atomic E-state index is -1.61. The Kier molecular flexibility index (Phi) is 22.4. The van der Waals surface area contributed by atoms with Gasteiger partial charge in [0.2, 0.25) is 0 Å². The number of ether oxygens (including phenoxy) is 15. The van der Waals surface area contributed by atoms with Crippen LogP contribution in [0.4, 0.5) is 4.79 Å². The molecule has 5 saturated heterocycles. The van der Waals surface area contributed by atoms with Crippen molar-refractivity contribution in [2.24, 2.45) is 5.92 Å². The molecule has 5 aliphatic rings. The van der Waals surface area contributed by atoms with E-state index >= 15 is 0 Å². The molecule has 0 spiro atoms. The molecule has 0 aromatic heterocycles. The molecular weight excluding hydrogens is 1260 g/mol. The maximum Gasteiger partial charge on any atom is 0.412 e. The predicted octanol–water partition coefficient (Wildman–Crippen LogP) is 10.9. The minimum absolute atomic E-state index is 0.0322. The maximum atomic E-state index is 14.8. The van der Waals surface area contributed by atoms with E-state index in [2.05, 4.69) is 0 Å². The summed E-state index contributed by atoms with van der Waals surface area (Å²) in [5.74, 6) is -3.34. The number of benzene rings is 8. The van der Waals surface area contributed by atoms with E-state index in [0.29, 0.717) is 11.1 Å². The fraction of sp³-hybridized carbons (Fsp3) is 0.325. The van der Waals surface area contributed by atoms with E-state index in [0.717, 1.165) is 16.7 Å². The Morgan fingerprint density at radius 1 is 0.439 bits per heavy atom. The number of esters is 3. The van der Waals surface area contributed by atoms with Crippen LogP contribution in [0, 0.1) is 5.92 Å². The second kappa shape index (κ2) is 32.5. The molecule has 5 fully saturated rings. The van der Waals surface area contributed by atoms with Crippen LogP contribution in [0.3, 0.4) is 0 Å². The van der Waals surface area contributed by atoms with Gasteiger partial charge in [-0.2, -0.15) is 0 Å². The molecule has 508 valence electrons. The van der Waals surface area contributed by atoms with E-state index in [1.54, 1.807) is 97.9 Å². The Labute approximate surface area is 566 Å². The standard InChI is InChI=1S/C77H75NO20/c1-49-62(95-76-66(93-70(81)54-34-18-6-19-35-54)61(79)64-59(91-76)46-85-72(96-64)56-38-22-8-23-39-56)58(45-84-43-51-28-12-3-13-29-51)90-75(63(49)92-69(80)53-32-16-5-17-33-53)98-67-65-60(47-86-73(97-65)57-40-24-9-25-41-57)89-74(68(67)94-71(82)55-36-20-7-21-37-55)88-48-78(42-50-26-10-2-11-27-50)77(83)87-44-52-30-14-4-15-31-52/h2-41,49,58-68,72-76,79H,42-48H2,1H3. The zero-order valence-corrected chi connectivity index (χ0v) is 53.5. The summed E-state index contributed by atoms with van der Waals surface area (Å²) in [6.07, 6.45) is -21.6. The van der Waals surface area contributed by atoms with Gasteiger partial charge in [-0.3, -0.25) is 4.90 Å². The number of carbonyl (C=O) groups excluding carboxylic acids is 4. The van der Waals surface area contributed by atoms with E-state index < -0.39 is 135 Å². The highest BCUT2D eigenvalue weighted by molar-refractivity contribution is 5.90. The third kappa shape index (κ3) is 16.6. The highest BCUT2D eigenvalue weighted by atomic mass is 16.8. The van der Waals surface area contributed by atoms with E-state index in [1.165, 1.54) is 4.90 Å². The van der Waals surface area contributed by atoms with Crippen molar-refractivity contribution in [1.82, 2.24) is 4.90 Å². The Morgan fingerprint density at radius 3 is 1.39 bits per heavy atom. The zero-order valence-electron chi connectivity index (χ0n) is 53.5. The van der Waals surface area contributed by atoms with Gasteiger partial charge in [0.25, 0.3) is 0 Å². The summed E-state index contributed by atoms with van der Waals surface area (Å²) in [4.78, 5) is 59.5. The number of hydrogen-bond donors (Lipinski definition) is 1. The molecule has 1 N–H and O–H groups in total. The zero-order chi connectivity index (χ0) is 67.2. The second-order valence-electron chi connectivity index (χ2n) is 24.3. The Bertz CT molecular complexity index is 3820.